The molecule has 0 bridgehead atoms. The Bertz CT molecular complexity index is 1020. The monoisotopic (exact) mass is 474 g/mol. The molecule has 2 aromatic rings. The van der Waals surface area contributed by atoms with E-state index in [0.29, 0.717) is 27.3 Å². The van der Waals surface area contributed by atoms with Crippen molar-refractivity contribution in [3.05, 3.63) is 18.2 Å². The molecule has 3 aliphatic rings. The van der Waals surface area contributed by atoms with Crippen LogP contribution < -0.4 is 19.7 Å². The summed E-state index contributed by atoms with van der Waals surface area (Å²) in [5.41, 5.74) is 0.678. The van der Waals surface area contributed by atoms with Crippen molar-refractivity contribution in [3.8, 4) is 11.5 Å². The Morgan fingerprint density at radius 3 is 2.72 bits per heavy atom. The zero-order valence-electron chi connectivity index (χ0n) is 18.0. The number of hydrogen-bond acceptors (Lipinski definition) is 8. The fourth-order valence-corrected chi connectivity index (χ4v) is 5.85. The number of nitrogens with zero attached hydrogens (tertiary/aromatic N) is 3. The lowest BCUT2D eigenvalue weighted by atomic mass is 9.94. The predicted octanol–water partition coefficient (Wildman–Crippen LogP) is 4.61. The van der Waals surface area contributed by atoms with Gasteiger partial charge in [0, 0.05) is 37.1 Å². The standard InChI is InChI=1S/C22H26N4O4S2/c1-2-19(28)26(15-7-8-15)20-24-25-21(32-20)31-13-18(27)23-14-6-9-16-17(12-14)30-22(29-16)10-4-3-5-11-22/h6,9,12,15H,2-5,7-8,10-11,13H2,1H3,(H,23,27). The molecule has 0 atom stereocenters. The van der Waals surface area contributed by atoms with Gasteiger partial charge in [-0.2, -0.15) is 0 Å². The van der Waals surface area contributed by atoms with E-state index in [1.54, 1.807) is 4.90 Å². The molecular formula is C22H26N4O4S2. The lowest BCUT2D eigenvalue weighted by Crippen LogP contribution is -2.40. The van der Waals surface area contributed by atoms with Gasteiger partial charge < -0.3 is 14.8 Å². The number of nitrogens with one attached hydrogen (secondary N) is 1. The van der Waals surface area contributed by atoms with Crippen LogP contribution in [0.4, 0.5) is 10.8 Å². The summed E-state index contributed by atoms with van der Waals surface area (Å²) in [6.07, 6.45) is 7.67. The molecule has 0 saturated heterocycles. The number of anilines is 2. The van der Waals surface area contributed by atoms with Gasteiger partial charge in [0.05, 0.1) is 5.75 Å². The maximum absolute atomic E-state index is 12.5. The van der Waals surface area contributed by atoms with Crippen molar-refractivity contribution >= 4 is 45.7 Å². The van der Waals surface area contributed by atoms with Crippen LogP contribution in [-0.4, -0.2) is 39.6 Å². The van der Waals surface area contributed by atoms with Crippen LogP contribution in [0, 0.1) is 0 Å². The predicted molar refractivity (Wildman–Crippen MR) is 124 cm³/mol. The molecule has 1 aliphatic heterocycles. The Morgan fingerprint density at radius 2 is 1.97 bits per heavy atom. The first kappa shape index (κ1) is 21.5. The maximum Gasteiger partial charge on any atom is 0.251 e. The van der Waals surface area contributed by atoms with Crippen molar-refractivity contribution in [2.24, 2.45) is 0 Å². The first-order valence-electron chi connectivity index (χ1n) is 11.2. The fourth-order valence-electron chi connectivity index (χ4n) is 4.12. The van der Waals surface area contributed by atoms with E-state index in [1.807, 2.05) is 25.1 Å². The Morgan fingerprint density at radius 1 is 1.19 bits per heavy atom. The molecule has 1 aromatic carbocycles. The molecule has 1 spiro atoms. The highest BCUT2D eigenvalue weighted by atomic mass is 32.2. The van der Waals surface area contributed by atoms with Crippen molar-refractivity contribution in [2.75, 3.05) is 16.0 Å². The molecule has 170 valence electrons. The zero-order valence-corrected chi connectivity index (χ0v) is 19.6. The number of rotatable bonds is 7. The number of hydrogen-bond donors (Lipinski definition) is 1. The van der Waals surface area contributed by atoms with Crippen LogP contribution in [0.2, 0.25) is 0 Å². The Hall–Kier alpha value is -2.33. The van der Waals surface area contributed by atoms with Crippen molar-refractivity contribution in [2.45, 2.75) is 74.5 Å². The van der Waals surface area contributed by atoms with E-state index in [1.165, 1.54) is 29.5 Å². The van der Waals surface area contributed by atoms with Gasteiger partial charge in [-0.3, -0.25) is 14.5 Å². The molecule has 1 aromatic heterocycles. The Balaban J connectivity index is 1.16. The van der Waals surface area contributed by atoms with Crippen LogP contribution in [0.25, 0.3) is 0 Å². The summed E-state index contributed by atoms with van der Waals surface area (Å²) in [7, 11) is 0. The Labute approximate surface area is 195 Å². The second-order valence-corrected chi connectivity index (χ2v) is 10.6. The average molecular weight is 475 g/mol. The quantitative estimate of drug-likeness (QED) is 0.463. The minimum absolute atomic E-state index is 0.0655. The number of aromatic nitrogens is 2. The summed E-state index contributed by atoms with van der Waals surface area (Å²) in [4.78, 5) is 26.5. The lowest BCUT2D eigenvalue weighted by Gasteiger charge is -2.31. The third-order valence-electron chi connectivity index (χ3n) is 5.85. The highest BCUT2D eigenvalue weighted by molar-refractivity contribution is 8.01. The second kappa shape index (κ2) is 8.90. The van der Waals surface area contributed by atoms with E-state index in [0.717, 1.165) is 44.3 Å². The summed E-state index contributed by atoms with van der Waals surface area (Å²) in [5, 5.41) is 11.9. The average Bonchev–Trinajstić information content (AvgIpc) is 3.40. The molecule has 10 heteroatoms. The van der Waals surface area contributed by atoms with Gasteiger partial charge >= 0.3 is 0 Å². The molecule has 5 rings (SSSR count). The minimum atomic E-state index is -0.526. The summed E-state index contributed by atoms with van der Waals surface area (Å²) < 4.78 is 12.9. The molecular weight excluding hydrogens is 448 g/mol. The maximum atomic E-state index is 12.5. The van der Waals surface area contributed by atoms with E-state index in [4.69, 9.17) is 9.47 Å². The number of amides is 2. The van der Waals surface area contributed by atoms with Gasteiger partial charge in [-0.15, -0.1) is 10.2 Å². The normalized spacial score (nSPS) is 18.5. The zero-order chi connectivity index (χ0) is 22.1. The van der Waals surface area contributed by atoms with Gasteiger partial charge in [0.15, 0.2) is 15.8 Å². The van der Waals surface area contributed by atoms with Gasteiger partial charge in [-0.25, -0.2) is 0 Å². The van der Waals surface area contributed by atoms with Crippen LogP contribution in [-0.2, 0) is 9.59 Å². The van der Waals surface area contributed by atoms with E-state index in [9.17, 15) is 9.59 Å². The fraction of sp³-hybridized carbons (Fsp3) is 0.545. The molecule has 2 amide bonds. The van der Waals surface area contributed by atoms with Crippen molar-refractivity contribution in [1.29, 1.82) is 0 Å². The van der Waals surface area contributed by atoms with Crippen LogP contribution in [0.3, 0.4) is 0 Å². The van der Waals surface area contributed by atoms with Crippen LogP contribution >= 0.6 is 23.1 Å². The topological polar surface area (TPSA) is 93.7 Å². The van der Waals surface area contributed by atoms with Gasteiger partial charge in [-0.05, 0) is 37.8 Å². The first-order chi connectivity index (χ1) is 15.5. The van der Waals surface area contributed by atoms with E-state index in [-0.39, 0.29) is 23.6 Å². The number of fused-ring (bicyclic) bond motifs is 1. The molecule has 0 unspecified atom stereocenters. The summed E-state index contributed by atoms with van der Waals surface area (Å²) in [6, 6.07) is 5.76. The second-order valence-electron chi connectivity index (χ2n) is 8.37. The highest BCUT2D eigenvalue weighted by Crippen LogP contribution is 2.46. The van der Waals surface area contributed by atoms with Crippen molar-refractivity contribution in [1.82, 2.24) is 10.2 Å². The summed E-state index contributed by atoms with van der Waals surface area (Å²) >= 11 is 2.68. The van der Waals surface area contributed by atoms with Gasteiger partial charge in [0.2, 0.25) is 16.9 Å². The number of carbonyl (C=O) groups excluding carboxylic acids is 2. The van der Waals surface area contributed by atoms with E-state index in [2.05, 4.69) is 15.5 Å². The van der Waals surface area contributed by atoms with E-state index >= 15 is 0 Å². The number of benzene rings is 1. The SMILES string of the molecule is CCC(=O)N(c1nnc(SCC(=O)Nc2ccc3c(c2)OC2(CCCCC2)O3)s1)C1CC1. The smallest absolute Gasteiger partial charge is 0.251 e. The molecule has 2 fully saturated rings. The minimum Gasteiger partial charge on any atom is -0.448 e. The van der Waals surface area contributed by atoms with Crippen LogP contribution in [0.5, 0.6) is 11.5 Å². The van der Waals surface area contributed by atoms with Crippen molar-refractivity contribution in [3.63, 3.8) is 0 Å². The summed E-state index contributed by atoms with van der Waals surface area (Å²) in [5.74, 6) is 1.03. The molecule has 2 aliphatic carbocycles. The largest absolute Gasteiger partial charge is 0.448 e. The first-order valence-corrected chi connectivity index (χ1v) is 13.0. The molecule has 2 heterocycles. The van der Waals surface area contributed by atoms with Crippen molar-refractivity contribution < 1.29 is 19.1 Å². The Kier molecular flexibility index (Phi) is 5.98. The molecule has 1 N–H and O–H groups in total. The van der Waals surface area contributed by atoms with Gasteiger partial charge in [-0.1, -0.05) is 36.4 Å². The number of carbonyl (C=O) groups is 2. The molecule has 8 nitrogen and oxygen atoms in total. The molecule has 2 saturated carbocycles. The van der Waals surface area contributed by atoms with Gasteiger partial charge in [0.1, 0.15) is 0 Å². The third kappa shape index (κ3) is 4.56. The number of ether oxygens (including phenoxy) is 2. The van der Waals surface area contributed by atoms with Crippen LogP contribution in [0.1, 0.15) is 58.3 Å². The number of thioether (sulfide) groups is 1. The molecule has 0 radical (unpaired) electrons. The van der Waals surface area contributed by atoms with E-state index < -0.39 is 5.79 Å². The van der Waals surface area contributed by atoms with Crippen LogP contribution in [0.15, 0.2) is 22.5 Å². The lowest BCUT2D eigenvalue weighted by molar-refractivity contribution is -0.118. The highest BCUT2D eigenvalue weighted by Gasteiger charge is 2.42. The molecule has 32 heavy (non-hydrogen) atoms. The summed E-state index contributed by atoms with van der Waals surface area (Å²) in [6.45, 7) is 1.85. The third-order valence-corrected chi connectivity index (χ3v) is 7.90. The van der Waals surface area contributed by atoms with Gasteiger partial charge in [0.25, 0.3) is 5.79 Å².